The van der Waals surface area contributed by atoms with Crippen molar-refractivity contribution in [3.05, 3.63) is 29.0 Å². The fraction of sp³-hybridized carbons (Fsp3) is 0.500. The van der Waals surface area contributed by atoms with Crippen molar-refractivity contribution in [2.45, 2.75) is 32.3 Å². The van der Waals surface area contributed by atoms with Crippen molar-refractivity contribution in [2.24, 2.45) is 0 Å². The first-order chi connectivity index (χ1) is 8.00. The number of carbonyl (C=O) groups excluding carboxylic acids is 1. The van der Waals surface area contributed by atoms with Gasteiger partial charge in [0.2, 0.25) is 0 Å². The number of rotatable bonds is 5. The summed E-state index contributed by atoms with van der Waals surface area (Å²) >= 11 is 5.76. The second-order valence-electron chi connectivity index (χ2n) is 3.97. The van der Waals surface area contributed by atoms with Crippen LogP contribution in [0.25, 0.3) is 0 Å². The van der Waals surface area contributed by atoms with Gasteiger partial charge in [-0.15, -0.1) is 0 Å². The Balaban J connectivity index is 2.62. The molecule has 0 radical (unpaired) electrons. The first-order valence-electron chi connectivity index (χ1n) is 5.63. The van der Waals surface area contributed by atoms with E-state index in [0.717, 1.165) is 0 Å². The van der Waals surface area contributed by atoms with Crippen molar-refractivity contribution >= 4 is 17.5 Å². The Hall–Kier alpha value is -1.13. The zero-order valence-electron chi connectivity index (χ0n) is 10.0. The molecule has 5 heteroatoms. The average molecular weight is 257 g/mol. The molecule has 0 fully saturated rings. The molecule has 1 aromatic rings. The third kappa shape index (κ3) is 3.98. The van der Waals surface area contributed by atoms with E-state index in [4.69, 9.17) is 11.6 Å². The second kappa shape index (κ2) is 5.98. The molecule has 0 aromatic carbocycles. The minimum Gasteiger partial charge on any atom is -0.388 e. The van der Waals surface area contributed by atoms with Crippen LogP contribution < -0.4 is 5.32 Å². The highest BCUT2D eigenvalue weighted by Gasteiger charge is 2.23. The lowest BCUT2D eigenvalue weighted by atomic mass is 9.97. The highest BCUT2D eigenvalue weighted by atomic mass is 35.5. The number of aliphatic hydroxyl groups is 1. The van der Waals surface area contributed by atoms with Gasteiger partial charge in [0.25, 0.3) is 5.91 Å². The molecule has 94 valence electrons. The van der Waals surface area contributed by atoms with Crippen LogP contribution in [0.15, 0.2) is 18.3 Å². The maximum atomic E-state index is 11.7. The van der Waals surface area contributed by atoms with Gasteiger partial charge < -0.3 is 10.4 Å². The molecular weight excluding hydrogens is 240 g/mol. The van der Waals surface area contributed by atoms with Crippen LogP contribution in [0.5, 0.6) is 0 Å². The summed E-state index contributed by atoms with van der Waals surface area (Å²) in [6.45, 7) is 3.98. The number of aromatic nitrogens is 1. The smallest absolute Gasteiger partial charge is 0.270 e. The van der Waals surface area contributed by atoms with Gasteiger partial charge in [-0.1, -0.05) is 25.4 Å². The Morgan fingerprint density at radius 3 is 2.71 bits per heavy atom. The molecule has 1 rings (SSSR count). The normalized spacial score (nSPS) is 11.3. The number of hydrogen-bond acceptors (Lipinski definition) is 3. The van der Waals surface area contributed by atoms with Crippen LogP contribution in [0.4, 0.5) is 0 Å². The Morgan fingerprint density at radius 2 is 2.18 bits per heavy atom. The number of pyridine rings is 1. The van der Waals surface area contributed by atoms with E-state index in [1.54, 1.807) is 6.07 Å². The lowest BCUT2D eigenvalue weighted by Crippen LogP contribution is -2.42. The molecule has 0 bridgehead atoms. The number of halogens is 1. The Bertz CT molecular complexity index is 392. The Kier molecular flexibility index (Phi) is 4.90. The van der Waals surface area contributed by atoms with Gasteiger partial charge in [-0.3, -0.25) is 9.78 Å². The van der Waals surface area contributed by atoms with Gasteiger partial charge in [0, 0.05) is 17.8 Å². The lowest BCUT2D eigenvalue weighted by Gasteiger charge is -2.25. The molecule has 0 aliphatic carbocycles. The fourth-order valence-corrected chi connectivity index (χ4v) is 1.52. The number of hydrogen-bond donors (Lipinski definition) is 2. The van der Waals surface area contributed by atoms with E-state index in [2.05, 4.69) is 10.3 Å². The zero-order valence-corrected chi connectivity index (χ0v) is 10.8. The maximum absolute atomic E-state index is 11.7. The molecule has 2 N–H and O–H groups in total. The van der Waals surface area contributed by atoms with E-state index in [1.807, 2.05) is 13.8 Å². The van der Waals surface area contributed by atoms with E-state index in [9.17, 15) is 9.90 Å². The summed E-state index contributed by atoms with van der Waals surface area (Å²) in [5.74, 6) is -0.326. The summed E-state index contributed by atoms with van der Waals surface area (Å²) in [4.78, 5) is 15.6. The summed E-state index contributed by atoms with van der Waals surface area (Å²) in [6.07, 6.45) is 2.66. The molecule has 0 spiro atoms. The minimum absolute atomic E-state index is 0.215. The topological polar surface area (TPSA) is 62.2 Å². The van der Waals surface area contributed by atoms with Crippen molar-refractivity contribution in [1.82, 2.24) is 10.3 Å². The molecule has 0 atom stereocenters. The summed E-state index contributed by atoms with van der Waals surface area (Å²) in [6, 6.07) is 3.10. The maximum Gasteiger partial charge on any atom is 0.270 e. The fourth-order valence-electron chi connectivity index (χ4n) is 1.36. The number of nitrogens with one attached hydrogen (secondary N) is 1. The van der Waals surface area contributed by atoms with Gasteiger partial charge in [0.05, 0.1) is 5.60 Å². The second-order valence-corrected chi connectivity index (χ2v) is 4.41. The standard InChI is InChI=1S/C12H17ClN2O2/c1-3-12(17,4-2)8-15-11(16)10-7-9(13)5-6-14-10/h5-7,17H,3-4,8H2,1-2H3,(H,15,16). The molecule has 0 unspecified atom stereocenters. The number of amides is 1. The van der Waals surface area contributed by atoms with Crippen molar-refractivity contribution in [3.63, 3.8) is 0 Å². The highest BCUT2D eigenvalue weighted by Crippen LogP contribution is 2.13. The third-order valence-electron chi connectivity index (χ3n) is 2.85. The molecule has 1 heterocycles. The van der Waals surface area contributed by atoms with Crippen LogP contribution >= 0.6 is 11.6 Å². The van der Waals surface area contributed by atoms with Crippen LogP contribution in [0.1, 0.15) is 37.2 Å². The van der Waals surface area contributed by atoms with Crippen molar-refractivity contribution in [2.75, 3.05) is 6.54 Å². The van der Waals surface area contributed by atoms with Crippen LogP contribution in [-0.2, 0) is 0 Å². The molecule has 0 saturated carbocycles. The molecule has 4 nitrogen and oxygen atoms in total. The Morgan fingerprint density at radius 1 is 1.53 bits per heavy atom. The van der Waals surface area contributed by atoms with Crippen molar-refractivity contribution in [3.8, 4) is 0 Å². The van der Waals surface area contributed by atoms with Gasteiger partial charge in [-0.2, -0.15) is 0 Å². The monoisotopic (exact) mass is 256 g/mol. The highest BCUT2D eigenvalue weighted by molar-refractivity contribution is 6.30. The van der Waals surface area contributed by atoms with Gasteiger partial charge in [-0.05, 0) is 25.0 Å². The predicted molar refractivity (Wildman–Crippen MR) is 67.1 cm³/mol. The molecule has 1 amide bonds. The molecule has 0 saturated heterocycles. The summed E-state index contributed by atoms with van der Waals surface area (Å²) in [7, 11) is 0. The molecule has 1 aromatic heterocycles. The number of carbonyl (C=O) groups is 1. The van der Waals surface area contributed by atoms with Crippen LogP contribution in [0.3, 0.4) is 0 Å². The molecule has 17 heavy (non-hydrogen) atoms. The van der Waals surface area contributed by atoms with E-state index in [1.165, 1.54) is 12.3 Å². The van der Waals surface area contributed by atoms with Gasteiger partial charge in [-0.25, -0.2) is 0 Å². The van der Waals surface area contributed by atoms with E-state index >= 15 is 0 Å². The number of nitrogens with zero attached hydrogens (tertiary/aromatic N) is 1. The summed E-state index contributed by atoms with van der Waals surface area (Å²) in [5.41, 5.74) is -0.596. The zero-order chi connectivity index (χ0) is 12.9. The summed E-state index contributed by atoms with van der Waals surface area (Å²) < 4.78 is 0. The molecule has 0 aliphatic rings. The van der Waals surface area contributed by atoms with E-state index in [-0.39, 0.29) is 18.1 Å². The van der Waals surface area contributed by atoms with Gasteiger partial charge in [0.15, 0.2) is 0 Å². The van der Waals surface area contributed by atoms with Crippen LogP contribution in [0.2, 0.25) is 5.02 Å². The quantitative estimate of drug-likeness (QED) is 0.847. The van der Waals surface area contributed by atoms with Gasteiger partial charge in [0.1, 0.15) is 5.69 Å². The SMILES string of the molecule is CCC(O)(CC)CNC(=O)c1cc(Cl)ccn1. The van der Waals surface area contributed by atoms with Crippen LogP contribution in [-0.4, -0.2) is 28.1 Å². The first-order valence-corrected chi connectivity index (χ1v) is 6.00. The summed E-state index contributed by atoms with van der Waals surface area (Å²) in [5, 5.41) is 13.1. The predicted octanol–water partition coefficient (Wildman–Crippen LogP) is 2.02. The first kappa shape index (κ1) is 13.9. The van der Waals surface area contributed by atoms with Crippen LogP contribution in [0, 0.1) is 0 Å². The minimum atomic E-state index is -0.853. The molecular formula is C12H17ClN2O2. The van der Waals surface area contributed by atoms with Crippen molar-refractivity contribution < 1.29 is 9.90 Å². The van der Waals surface area contributed by atoms with Gasteiger partial charge >= 0.3 is 0 Å². The van der Waals surface area contributed by atoms with E-state index < -0.39 is 5.60 Å². The average Bonchev–Trinajstić information content (AvgIpc) is 2.35. The van der Waals surface area contributed by atoms with E-state index in [0.29, 0.717) is 17.9 Å². The van der Waals surface area contributed by atoms with Crippen molar-refractivity contribution in [1.29, 1.82) is 0 Å². The lowest BCUT2D eigenvalue weighted by molar-refractivity contribution is 0.0313. The molecule has 0 aliphatic heterocycles. The third-order valence-corrected chi connectivity index (χ3v) is 3.08. The largest absolute Gasteiger partial charge is 0.388 e. The Labute approximate surface area is 106 Å².